The Hall–Kier alpha value is -1.14. The number of carbonyl (C=O) groups excluding carboxylic acids is 2. The number of likely N-dealkylation sites (N-methyl/N-ethyl adjacent to an activating group) is 1. The molecule has 0 aliphatic carbocycles. The third-order valence-electron chi connectivity index (χ3n) is 2.46. The van der Waals surface area contributed by atoms with E-state index in [0.29, 0.717) is 26.1 Å². The van der Waals surface area contributed by atoms with Crippen molar-refractivity contribution in [2.45, 2.75) is 12.8 Å². The monoisotopic (exact) mass is 245 g/mol. The van der Waals surface area contributed by atoms with E-state index >= 15 is 0 Å². The summed E-state index contributed by atoms with van der Waals surface area (Å²) in [6, 6.07) is 0. The van der Waals surface area contributed by atoms with Crippen molar-refractivity contribution < 1.29 is 14.3 Å². The van der Waals surface area contributed by atoms with E-state index in [2.05, 4.69) is 4.74 Å². The zero-order valence-corrected chi connectivity index (χ0v) is 10.9. The van der Waals surface area contributed by atoms with Gasteiger partial charge in [0, 0.05) is 26.6 Å². The van der Waals surface area contributed by atoms with Crippen molar-refractivity contribution in [3.8, 4) is 0 Å². The Balaban J connectivity index is 3.78. The predicted octanol–water partition coefficient (Wildman–Crippen LogP) is -0.711. The minimum absolute atomic E-state index is 0.0650. The van der Waals surface area contributed by atoms with E-state index in [4.69, 9.17) is 5.73 Å². The van der Waals surface area contributed by atoms with Gasteiger partial charge in [0.05, 0.1) is 13.7 Å². The molecule has 0 aromatic rings. The predicted molar refractivity (Wildman–Crippen MR) is 65.4 cm³/mol. The van der Waals surface area contributed by atoms with Crippen LogP contribution < -0.4 is 5.73 Å². The van der Waals surface area contributed by atoms with Crippen molar-refractivity contribution in [3.63, 3.8) is 0 Å². The van der Waals surface area contributed by atoms with Crippen molar-refractivity contribution in [1.29, 1.82) is 0 Å². The van der Waals surface area contributed by atoms with Crippen molar-refractivity contribution in [1.82, 2.24) is 9.80 Å². The molecule has 6 nitrogen and oxygen atoms in total. The topological polar surface area (TPSA) is 75.9 Å². The van der Waals surface area contributed by atoms with E-state index in [9.17, 15) is 9.59 Å². The lowest BCUT2D eigenvalue weighted by Crippen LogP contribution is -2.34. The van der Waals surface area contributed by atoms with E-state index in [1.807, 2.05) is 0 Å². The fourth-order valence-corrected chi connectivity index (χ4v) is 1.29. The molecule has 0 rings (SSSR count). The van der Waals surface area contributed by atoms with Gasteiger partial charge in [-0.25, -0.2) is 0 Å². The van der Waals surface area contributed by atoms with Crippen LogP contribution in [0.4, 0.5) is 0 Å². The van der Waals surface area contributed by atoms with E-state index in [-0.39, 0.29) is 18.4 Å². The van der Waals surface area contributed by atoms with Gasteiger partial charge in [-0.15, -0.1) is 0 Å². The average Bonchev–Trinajstić information content (AvgIpc) is 2.32. The van der Waals surface area contributed by atoms with Gasteiger partial charge < -0.3 is 15.4 Å². The summed E-state index contributed by atoms with van der Waals surface area (Å²) in [7, 11) is 4.89. The van der Waals surface area contributed by atoms with E-state index in [1.165, 1.54) is 7.11 Å². The zero-order valence-electron chi connectivity index (χ0n) is 10.9. The maximum absolute atomic E-state index is 11.7. The molecule has 0 saturated heterocycles. The van der Waals surface area contributed by atoms with Gasteiger partial charge in [0.1, 0.15) is 0 Å². The molecular weight excluding hydrogens is 222 g/mol. The number of amides is 1. The molecule has 100 valence electrons. The molecule has 17 heavy (non-hydrogen) atoms. The van der Waals surface area contributed by atoms with Crippen molar-refractivity contribution >= 4 is 11.9 Å². The molecule has 0 heterocycles. The molecule has 0 saturated carbocycles. The third-order valence-corrected chi connectivity index (χ3v) is 2.46. The van der Waals surface area contributed by atoms with Gasteiger partial charge in [-0.05, 0) is 20.0 Å². The van der Waals surface area contributed by atoms with Gasteiger partial charge >= 0.3 is 5.97 Å². The molecule has 0 aliphatic heterocycles. The van der Waals surface area contributed by atoms with Gasteiger partial charge in [0.25, 0.3) is 0 Å². The quantitative estimate of drug-likeness (QED) is 0.572. The Bertz CT molecular complexity index is 246. The molecule has 0 aromatic heterocycles. The highest BCUT2D eigenvalue weighted by Gasteiger charge is 2.11. The average molecular weight is 245 g/mol. The highest BCUT2D eigenvalue weighted by atomic mass is 16.5. The zero-order chi connectivity index (χ0) is 13.3. The number of rotatable bonds is 8. The van der Waals surface area contributed by atoms with Crippen LogP contribution in [0.3, 0.4) is 0 Å². The summed E-state index contributed by atoms with van der Waals surface area (Å²) >= 11 is 0. The number of nitrogens with two attached hydrogens (primary N) is 1. The first-order valence-corrected chi connectivity index (χ1v) is 5.70. The van der Waals surface area contributed by atoms with Crippen LogP contribution in [0, 0.1) is 0 Å². The highest BCUT2D eigenvalue weighted by molar-refractivity contribution is 5.76. The molecule has 0 unspecified atom stereocenters. The summed E-state index contributed by atoms with van der Waals surface area (Å²) in [5.41, 5.74) is 5.37. The molecule has 0 bridgehead atoms. The first-order valence-electron chi connectivity index (χ1n) is 5.70. The van der Waals surface area contributed by atoms with Gasteiger partial charge in [0.2, 0.25) is 5.91 Å². The van der Waals surface area contributed by atoms with Crippen LogP contribution >= 0.6 is 0 Å². The summed E-state index contributed by atoms with van der Waals surface area (Å²) in [6.45, 7) is 2.01. The number of hydrogen-bond donors (Lipinski definition) is 1. The van der Waals surface area contributed by atoms with Crippen LogP contribution in [0.2, 0.25) is 0 Å². The first-order chi connectivity index (χ1) is 8.01. The normalized spacial score (nSPS) is 10.4. The summed E-state index contributed by atoms with van der Waals surface area (Å²) in [5, 5.41) is 0. The van der Waals surface area contributed by atoms with E-state index < -0.39 is 0 Å². The van der Waals surface area contributed by atoms with Gasteiger partial charge in [-0.3, -0.25) is 14.5 Å². The van der Waals surface area contributed by atoms with Gasteiger partial charge in [-0.1, -0.05) is 0 Å². The molecule has 0 aromatic carbocycles. The summed E-state index contributed by atoms with van der Waals surface area (Å²) in [6.07, 6.45) is 1.20. The van der Waals surface area contributed by atoms with Crippen LogP contribution in [0.15, 0.2) is 0 Å². The highest BCUT2D eigenvalue weighted by Crippen LogP contribution is 1.95. The maximum Gasteiger partial charge on any atom is 0.319 e. The Labute approximate surface area is 103 Å². The Morgan fingerprint density at radius 3 is 2.41 bits per heavy atom. The Morgan fingerprint density at radius 1 is 1.24 bits per heavy atom. The Kier molecular flexibility index (Phi) is 8.35. The van der Waals surface area contributed by atoms with Gasteiger partial charge in [-0.2, -0.15) is 0 Å². The number of methoxy groups -OCH3 is 1. The van der Waals surface area contributed by atoms with Crippen LogP contribution in [0.1, 0.15) is 12.8 Å². The lowest BCUT2D eigenvalue weighted by molar-refractivity contribution is -0.142. The molecule has 0 spiro atoms. The number of esters is 1. The fourth-order valence-electron chi connectivity index (χ4n) is 1.29. The molecular formula is C11H23N3O3. The largest absolute Gasteiger partial charge is 0.468 e. The third kappa shape index (κ3) is 7.70. The summed E-state index contributed by atoms with van der Waals surface area (Å²) < 4.78 is 4.54. The van der Waals surface area contributed by atoms with Crippen molar-refractivity contribution in [2.75, 3.05) is 47.4 Å². The van der Waals surface area contributed by atoms with Crippen LogP contribution in [0.25, 0.3) is 0 Å². The number of nitrogens with zero attached hydrogens (tertiary/aromatic N) is 2. The smallest absolute Gasteiger partial charge is 0.319 e. The molecule has 1 amide bonds. The SMILES string of the molecule is COC(=O)CN(C)CCC(=O)N(C)CCCN. The number of carbonyl (C=O) groups is 2. The maximum atomic E-state index is 11.7. The lowest BCUT2D eigenvalue weighted by Gasteiger charge is -2.19. The second-order valence-electron chi connectivity index (χ2n) is 4.02. The molecule has 6 heteroatoms. The van der Waals surface area contributed by atoms with Crippen LogP contribution in [-0.2, 0) is 14.3 Å². The van der Waals surface area contributed by atoms with Gasteiger partial charge in [0.15, 0.2) is 0 Å². The summed E-state index contributed by atoms with van der Waals surface area (Å²) in [5.74, 6) is -0.230. The molecule has 0 aliphatic rings. The minimum atomic E-state index is -0.295. The second kappa shape index (κ2) is 8.95. The molecule has 0 fully saturated rings. The minimum Gasteiger partial charge on any atom is -0.468 e. The van der Waals surface area contributed by atoms with E-state index in [1.54, 1.807) is 23.9 Å². The van der Waals surface area contributed by atoms with Crippen LogP contribution in [0.5, 0.6) is 0 Å². The number of hydrogen-bond acceptors (Lipinski definition) is 5. The molecule has 0 atom stereocenters. The van der Waals surface area contributed by atoms with Crippen molar-refractivity contribution in [2.24, 2.45) is 5.73 Å². The summed E-state index contributed by atoms with van der Waals surface area (Å²) in [4.78, 5) is 26.0. The molecule has 2 N–H and O–H groups in total. The Morgan fingerprint density at radius 2 is 1.88 bits per heavy atom. The second-order valence-corrected chi connectivity index (χ2v) is 4.02. The van der Waals surface area contributed by atoms with Crippen LogP contribution in [-0.4, -0.2) is 69.1 Å². The lowest BCUT2D eigenvalue weighted by atomic mass is 10.3. The molecule has 0 radical (unpaired) electrons. The number of ether oxygens (including phenoxy) is 1. The standard InChI is InChI=1S/C11H23N3O3/c1-13(9-11(16)17-3)8-5-10(15)14(2)7-4-6-12/h4-9,12H2,1-3H3. The van der Waals surface area contributed by atoms with E-state index in [0.717, 1.165) is 6.42 Å². The van der Waals surface area contributed by atoms with Crippen molar-refractivity contribution in [3.05, 3.63) is 0 Å². The first kappa shape index (κ1) is 15.9. The fraction of sp³-hybridized carbons (Fsp3) is 0.818.